The molecule has 28 heavy (non-hydrogen) atoms. The number of urea groups is 1. The van der Waals surface area contributed by atoms with E-state index < -0.39 is 0 Å². The monoisotopic (exact) mass is 373 g/mol. The van der Waals surface area contributed by atoms with Gasteiger partial charge in [0, 0.05) is 23.2 Å². The van der Waals surface area contributed by atoms with Crippen LogP contribution < -0.4 is 10.6 Å². The predicted molar refractivity (Wildman–Crippen MR) is 107 cm³/mol. The lowest BCUT2D eigenvalue weighted by atomic mass is 10.0. The molecule has 1 aromatic carbocycles. The van der Waals surface area contributed by atoms with Gasteiger partial charge in [0.25, 0.3) is 0 Å². The number of pyridine rings is 1. The van der Waals surface area contributed by atoms with Crippen molar-refractivity contribution in [1.82, 2.24) is 25.0 Å². The molecule has 8 nitrogen and oxygen atoms in total. The summed E-state index contributed by atoms with van der Waals surface area (Å²) in [6.07, 6.45) is 5.19. The molecule has 0 spiro atoms. The fraction of sp³-hybridized carbons (Fsp3) is 0.200. The van der Waals surface area contributed by atoms with Crippen LogP contribution >= 0.6 is 0 Å². The summed E-state index contributed by atoms with van der Waals surface area (Å²) in [6.45, 7) is 0.952. The number of benzene rings is 1. The van der Waals surface area contributed by atoms with Gasteiger partial charge in [0.15, 0.2) is 5.82 Å². The van der Waals surface area contributed by atoms with Crippen LogP contribution in [0.25, 0.3) is 22.2 Å². The second kappa shape index (κ2) is 6.80. The molecule has 0 atom stereocenters. The zero-order valence-electron chi connectivity index (χ0n) is 15.1. The van der Waals surface area contributed by atoms with Gasteiger partial charge in [-0.1, -0.05) is 18.2 Å². The lowest BCUT2D eigenvalue weighted by Gasteiger charge is -2.14. The van der Waals surface area contributed by atoms with Crippen LogP contribution in [-0.2, 0) is 13.0 Å². The Labute approximate surface area is 161 Å². The maximum Gasteiger partial charge on any atom is 0.326 e. The van der Waals surface area contributed by atoms with Gasteiger partial charge in [0.1, 0.15) is 5.82 Å². The largest absolute Gasteiger partial charge is 0.326 e. The number of aryl methyl sites for hydroxylation is 1. The highest BCUT2D eigenvalue weighted by atomic mass is 16.2. The van der Waals surface area contributed by atoms with Crippen LogP contribution in [0.5, 0.6) is 0 Å². The van der Waals surface area contributed by atoms with Crippen LogP contribution in [0, 0.1) is 0 Å². The van der Waals surface area contributed by atoms with Gasteiger partial charge in [-0.05, 0) is 43.5 Å². The Morgan fingerprint density at radius 2 is 2.00 bits per heavy atom. The highest BCUT2D eigenvalue weighted by Crippen LogP contribution is 2.27. The Hall–Kier alpha value is -3.68. The molecule has 0 unspecified atom stereocenters. The maximum atomic E-state index is 12.4. The fourth-order valence-electron chi connectivity index (χ4n) is 3.60. The van der Waals surface area contributed by atoms with E-state index >= 15 is 0 Å². The van der Waals surface area contributed by atoms with E-state index in [-0.39, 0.29) is 6.03 Å². The second-order valence-corrected chi connectivity index (χ2v) is 6.79. The van der Waals surface area contributed by atoms with E-state index in [1.54, 1.807) is 6.07 Å². The number of rotatable bonds is 3. The first-order valence-corrected chi connectivity index (χ1v) is 9.31. The third kappa shape index (κ3) is 2.98. The quantitative estimate of drug-likeness (QED) is 0.508. The summed E-state index contributed by atoms with van der Waals surface area (Å²) in [6, 6.07) is 12.8. The van der Waals surface area contributed by atoms with Gasteiger partial charge in [-0.2, -0.15) is 10.2 Å². The average Bonchev–Trinajstić information content (AvgIpc) is 3.33. The first-order chi connectivity index (χ1) is 13.8. The van der Waals surface area contributed by atoms with Gasteiger partial charge in [-0.15, -0.1) is 0 Å². The third-order valence-corrected chi connectivity index (χ3v) is 4.95. The summed E-state index contributed by atoms with van der Waals surface area (Å²) < 4.78 is 2.05. The summed E-state index contributed by atoms with van der Waals surface area (Å²) in [4.78, 5) is 17.0. The van der Waals surface area contributed by atoms with Crippen molar-refractivity contribution in [2.45, 2.75) is 25.8 Å². The van der Waals surface area contributed by atoms with Crippen LogP contribution in [0.15, 0.2) is 48.7 Å². The number of fused-ring (bicyclic) bond motifs is 2. The van der Waals surface area contributed by atoms with Gasteiger partial charge >= 0.3 is 6.03 Å². The number of anilines is 2. The van der Waals surface area contributed by atoms with Crippen LogP contribution in [0.2, 0.25) is 0 Å². The van der Waals surface area contributed by atoms with Crippen LogP contribution in [0.4, 0.5) is 16.4 Å². The molecule has 0 saturated heterocycles. The zero-order chi connectivity index (χ0) is 18.9. The standard InChI is InChI=1S/C20H19N7O/c28-20(24-19-13-6-1-2-7-16(13)25-26-19)23-18-10-5-8-15(22-18)14-12-21-27-11-4-3-9-17(14)27/h1-2,5-8,10,12H,3-4,9,11H2,(H3,22,23,24,25,26,28). The van der Waals surface area contributed by atoms with Crippen LogP contribution in [0.1, 0.15) is 18.5 Å². The van der Waals surface area contributed by atoms with Crippen molar-refractivity contribution in [3.63, 3.8) is 0 Å². The maximum absolute atomic E-state index is 12.4. The molecule has 5 rings (SSSR count). The molecule has 1 aliphatic heterocycles. The molecule has 0 aliphatic carbocycles. The first kappa shape index (κ1) is 16.5. The summed E-state index contributed by atoms with van der Waals surface area (Å²) in [5.41, 5.74) is 3.92. The van der Waals surface area contributed by atoms with Crippen molar-refractivity contribution < 1.29 is 4.79 Å². The van der Waals surface area contributed by atoms with Crippen molar-refractivity contribution in [3.8, 4) is 11.3 Å². The molecule has 0 radical (unpaired) electrons. The van der Waals surface area contributed by atoms with E-state index in [2.05, 4.69) is 35.6 Å². The highest BCUT2D eigenvalue weighted by Gasteiger charge is 2.17. The Kier molecular flexibility index (Phi) is 4.01. The minimum absolute atomic E-state index is 0.390. The lowest BCUT2D eigenvalue weighted by Crippen LogP contribution is -2.20. The number of hydrogen-bond acceptors (Lipinski definition) is 4. The normalized spacial score (nSPS) is 13.3. The zero-order valence-corrected chi connectivity index (χ0v) is 15.1. The second-order valence-electron chi connectivity index (χ2n) is 6.79. The van der Waals surface area contributed by atoms with Crippen molar-refractivity contribution in [1.29, 1.82) is 0 Å². The molecule has 140 valence electrons. The van der Waals surface area contributed by atoms with E-state index in [4.69, 9.17) is 0 Å². The van der Waals surface area contributed by atoms with Gasteiger partial charge in [-0.3, -0.25) is 20.4 Å². The van der Waals surface area contributed by atoms with Crippen molar-refractivity contribution in [2.75, 3.05) is 10.6 Å². The SMILES string of the molecule is O=C(Nc1cccc(-c2cnn3c2CCCC3)n1)Nc1n[nH]c2ccccc12. The average molecular weight is 373 g/mol. The lowest BCUT2D eigenvalue weighted by molar-refractivity contribution is 0.262. The van der Waals surface area contributed by atoms with Crippen molar-refractivity contribution in [3.05, 3.63) is 54.4 Å². The van der Waals surface area contributed by atoms with Gasteiger partial charge in [0.2, 0.25) is 0 Å². The number of carbonyl (C=O) groups excluding carboxylic acids is 1. The van der Waals surface area contributed by atoms with Gasteiger partial charge in [-0.25, -0.2) is 9.78 Å². The van der Waals surface area contributed by atoms with E-state index in [1.807, 2.05) is 42.6 Å². The minimum Gasteiger partial charge on any atom is -0.292 e. The number of carbonyl (C=O) groups is 1. The van der Waals surface area contributed by atoms with Crippen LogP contribution in [-0.4, -0.2) is 31.0 Å². The number of para-hydroxylation sites is 1. The van der Waals surface area contributed by atoms with Crippen molar-refractivity contribution in [2.24, 2.45) is 0 Å². The molecule has 3 aromatic heterocycles. The number of aromatic nitrogens is 5. The molecule has 8 heteroatoms. The number of H-pyrrole nitrogens is 1. The van der Waals surface area contributed by atoms with E-state index in [9.17, 15) is 4.79 Å². The highest BCUT2D eigenvalue weighted by molar-refractivity contribution is 6.04. The van der Waals surface area contributed by atoms with E-state index in [0.717, 1.165) is 48.0 Å². The topological polar surface area (TPSA) is 101 Å². The van der Waals surface area contributed by atoms with Gasteiger partial charge < -0.3 is 0 Å². The molecule has 3 N–H and O–H groups in total. The molecule has 0 fully saturated rings. The predicted octanol–water partition coefficient (Wildman–Crippen LogP) is 3.80. The molecule has 0 bridgehead atoms. The van der Waals surface area contributed by atoms with Crippen LogP contribution in [0.3, 0.4) is 0 Å². The minimum atomic E-state index is -0.390. The molecule has 4 heterocycles. The fourth-order valence-corrected chi connectivity index (χ4v) is 3.60. The number of nitrogens with zero attached hydrogens (tertiary/aromatic N) is 4. The Morgan fingerprint density at radius 1 is 1.07 bits per heavy atom. The number of aromatic amines is 1. The third-order valence-electron chi connectivity index (χ3n) is 4.95. The van der Waals surface area contributed by atoms with E-state index in [0.29, 0.717) is 11.6 Å². The Balaban J connectivity index is 1.35. The summed E-state index contributed by atoms with van der Waals surface area (Å²) in [5.74, 6) is 0.959. The smallest absolute Gasteiger partial charge is 0.292 e. The number of amides is 2. The summed E-state index contributed by atoms with van der Waals surface area (Å²) in [7, 11) is 0. The Bertz CT molecular complexity index is 1160. The number of hydrogen-bond donors (Lipinski definition) is 3. The number of nitrogens with one attached hydrogen (secondary N) is 3. The summed E-state index contributed by atoms with van der Waals surface area (Å²) >= 11 is 0. The molecule has 2 amide bonds. The first-order valence-electron chi connectivity index (χ1n) is 9.31. The summed E-state index contributed by atoms with van der Waals surface area (Å²) in [5, 5.41) is 17.9. The molecule has 4 aromatic rings. The van der Waals surface area contributed by atoms with Gasteiger partial charge in [0.05, 0.1) is 17.4 Å². The molecular weight excluding hydrogens is 354 g/mol. The molecule has 0 saturated carbocycles. The van der Waals surface area contributed by atoms with E-state index in [1.165, 1.54) is 5.69 Å². The molecular formula is C20H19N7O. The Morgan fingerprint density at radius 3 is 2.96 bits per heavy atom. The van der Waals surface area contributed by atoms with Crippen molar-refractivity contribution >= 4 is 28.6 Å². The molecule has 1 aliphatic rings.